The molecule has 90 valence electrons. The Kier molecular flexibility index (Phi) is 2.99. The van der Waals surface area contributed by atoms with Crippen LogP contribution in [-0.2, 0) is 10.0 Å². The molecule has 0 aliphatic rings. The number of hydrogen-bond donors (Lipinski definition) is 2. The fraction of sp³-hybridized carbons (Fsp3) is 0.111. The summed E-state index contributed by atoms with van der Waals surface area (Å²) in [6, 6.07) is 2.85. The summed E-state index contributed by atoms with van der Waals surface area (Å²) in [6.07, 6.45) is 2.65. The maximum Gasteiger partial charge on any atom is 0.274 e. The Hall–Kier alpha value is -1.67. The third-order valence-corrected chi connectivity index (χ3v) is 4.60. The number of sulfonamides is 1. The van der Waals surface area contributed by atoms with Crippen molar-refractivity contribution in [3.8, 4) is 5.75 Å². The summed E-state index contributed by atoms with van der Waals surface area (Å²) in [7, 11) is -3.73. The Bertz CT molecular complexity index is 636. The van der Waals surface area contributed by atoms with Crippen LogP contribution in [-0.4, -0.2) is 23.5 Å². The number of thiazole rings is 1. The molecule has 0 aliphatic heterocycles. The second-order valence-electron chi connectivity index (χ2n) is 3.17. The van der Waals surface area contributed by atoms with Gasteiger partial charge < -0.3 is 5.11 Å². The second-order valence-corrected chi connectivity index (χ2v) is 6.32. The number of aromatic nitrogens is 2. The van der Waals surface area contributed by atoms with Gasteiger partial charge in [-0.25, -0.2) is 18.4 Å². The maximum absolute atomic E-state index is 11.9. The number of nitrogens with zero attached hydrogens (tertiary/aromatic N) is 2. The lowest BCUT2D eigenvalue weighted by atomic mass is 10.4. The largest absolute Gasteiger partial charge is 0.504 e. The Balaban J connectivity index is 2.33. The van der Waals surface area contributed by atoms with Gasteiger partial charge in [0.1, 0.15) is 0 Å². The predicted octanol–water partition coefficient (Wildman–Crippen LogP) is 1.35. The van der Waals surface area contributed by atoms with Gasteiger partial charge in [0.25, 0.3) is 10.0 Å². The average Bonchev–Trinajstić information content (AvgIpc) is 2.69. The SMILES string of the molecule is Cc1ncc(S(=O)(=O)Nc2ncccc2O)s1. The molecule has 2 heterocycles. The molecule has 0 atom stereocenters. The van der Waals surface area contributed by atoms with Crippen LogP contribution in [0.3, 0.4) is 0 Å². The van der Waals surface area contributed by atoms with Crippen LogP contribution >= 0.6 is 11.3 Å². The van der Waals surface area contributed by atoms with E-state index in [2.05, 4.69) is 14.7 Å². The summed E-state index contributed by atoms with van der Waals surface area (Å²) in [5.41, 5.74) is 0. The third-order valence-electron chi connectivity index (χ3n) is 1.88. The van der Waals surface area contributed by atoms with Gasteiger partial charge >= 0.3 is 0 Å². The molecule has 6 nitrogen and oxygen atoms in total. The maximum atomic E-state index is 11.9. The van der Waals surface area contributed by atoms with E-state index < -0.39 is 10.0 Å². The van der Waals surface area contributed by atoms with Crippen molar-refractivity contribution in [2.24, 2.45) is 0 Å². The van der Waals surface area contributed by atoms with Crippen LogP contribution in [0.15, 0.2) is 28.7 Å². The number of aryl methyl sites for hydroxylation is 1. The van der Waals surface area contributed by atoms with Crippen LogP contribution < -0.4 is 4.72 Å². The van der Waals surface area contributed by atoms with Crippen LogP contribution in [0.4, 0.5) is 5.82 Å². The number of pyridine rings is 1. The predicted molar refractivity (Wildman–Crippen MR) is 63.6 cm³/mol. The third kappa shape index (κ3) is 2.53. The highest BCUT2D eigenvalue weighted by Crippen LogP contribution is 2.24. The lowest BCUT2D eigenvalue weighted by Gasteiger charge is -2.05. The fourth-order valence-electron chi connectivity index (χ4n) is 1.12. The first kappa shape index (κ1) is 11.8. The van der Waals surface area contributed by atoms with Crippen LogP contribution in [0.2, 0.25) is 0 Å². The number of nitrogens with one attached hydrogen (secondary N) is 1. The van der Waals surface area contributed by atoms with Gasteiger partial charge in [0.2, 0.25) is 0 Å². The molecular weight excluding hydrogens is 262 g/mol. The highest BCUT2D eigenvalue weighted by Gasteiger charge is 2.19. The van der Waals surface area contributed by atoms with E-state index >= 15 is 0 Å². The van der Waals surface area contributed by atoms with Crippen molar-refractivity contribution in [2.45, 2.75) is 11.1 Å². The molecule has 0 aliphatic carbocycles. The van der Waals surface area contributed by atoms with Crippen molar-refractivity contribution in [1.29, 1.82) is 0 Å². The molecule has 0 aromatic carbocycles. The summed E-state index contributed by atoms with van der Waals surface area (Å²) in [6.45, 7) is 1.71. The molecule has 2 aromatic heterocycles. The molecular formula is C9H9N3O3S2. The lowest BCUT2D eigenvalue weighted by Crippen LogP contribution is -2.12. The summed E-state index contributed by atoms with van der Waals surface area (Å²) in [4.78, 5) is 7.60. The Morgan fingerprint density at radius 1 is 1.41 bits per heavy atom. The van der Waals surface area contributed by atoms with Gasteiger partial charge in [-0.3, -0.25) is 4.72 Å². The van der Waals surface area contributed by atoms with Crippen molar-refractivity contribution >= 4 is 27.2 Å². The van der Waals surface area contributed by atoms with Gasteiger partial charge in [-0.1, -0.05) is 0 Å². The van der Waals surface area contributed by atoms with E-state index in [-0.39, 0.29) is 15.8 Å². The minimum atomic E-state index is -3.73. The summed E-state index contributed by atoms with van der Waals surface area (Å²) in [5, 5.41) is 10.1. The number of hydrogen-bond acceptors (Lipinski definition) is 6. The smallest absolute Gasteiger partial charge is 0.274 e. The molecule has 0 saturated carbocycles. The van der Waals surface area contributed by atoms with Gasteiger partial charge in [0.15, 0.2) is 15.8 Å². The Morgan fingerprint density at radius 2 is 2.18 bits per heavy atom. The van der Waals surface area contributed by atoms with Crippen molar-refractivity contribution in [3.63, 3.8) is 0 Å². The molecule has 0 radical (unpaired) electrons. The average molecular weight is 271 g/mol. The molecule has 0 spiro atoms. The molecule has 0 bridgehead atoms. The molecule has 2 aromatic rings. The van der Waals surface area contributed by atoms with Crippen molar-refractivity contribution in [2.75, 3.05) is 4.72 Å². The van der Waals surface area contributed by atoms with Gasteiger partial charge in [-0.2, -0.15) is 0 Å². The number of aromatic hydroxyl groups is 1. The number of anilines is 1. The molecule has 0 unspecified atom stereocenters. The van der Waals surface area contributed by atoms with E-state index in [0.29, 0.717) is 5.01 Å². The first-order valence-electron chi connectivity index (χ1n) is 4.58. The zero-order valence-corrected chi connectivity index (χ0v) is 10.4. The van der Waals surface area contributed by atoms with Gasteiger partial charge in [0.05, 0.1) is 11.2 Å². The van der Waals surface area contributed by atoms with E-state index in [1.54, 1.807) is 6.92 Å². The van der Waals surface area contributed by atoms with Gasteiger partial charge in [0, 0.05) is 6.20 Å². The van der Waals surface area contributed by atoms with E-state index in [4.69, 9.17) is 0 Å². The zero-order valence-electron chi connectivity index (χ0n) is 8.78. The fourth-order valence-corrected chi connectivity index (χ4v) is 3.25. The summed E-state index contributed by atoms with van der Waals surface area (Å²) < 4.78 is 26.0. The van der Waals surface area contributed by atoms with Crippen molar-refractivity contribution in [1.82, 2.24) is 9.97 Å². The van der Waals surface area contributed by atoms with Crippen LogP contribution in [0, 0.1) is 6.92 Å². The topological polar surface area (TPSA) is 92.2 Å². The molecule has 0 saturated heterocycles. The van der Waals surface area contributed by atoms with E-state index in [9.17, 15) is 13.5 Å². The van der Waals surface area contributed by atoms with Crippen molar-refractivity contribution < 1.29 is 13.5 Å². The molecule has 17 heavy (non-hydrogen) atoms. The normalized spacial score (nSPS) is 11.4. The quantitative estimate of drug-likeness (QED) is 0.879. The summed E-state index contributed by atoms with van der Waals surface area (Å²) >= 11 is 1.05. The first-order chi connectivity index (χ1) is 7.99. The van der Waals surface area contributed by atoms with Crippen LogP contribution in [0.5, 0.6) is 5.75 Å². The van der Waals surface area contributed by atoms with E-state index in [0.717, 1.165) is 11.3 Å². The Labute approximate surface area is 102 Å². The highest BCUT2D eigenvalue weighted by molar-refractivity contribution is 7.94. The molecule has 2 rings (SSSR count). The first-order valence-corrected chi connectivity index (χ1v) is 6.88. The second kappa shape index (κ2) is 4.30. The molecule has 8 heteroatoms. The summed E-state index contributed by atoms with van der Waals surface area (Å²) in [5.74, 6) is -0.323. The van der Waals surface area contributed by atoms with E-state index in [1.165, 1.54) is 24.5 Å². The van der Waals surface area contributed by atoms with E-state index in [1.807, 2.05) is 0 Å². The standard InChI is InChI=1S/C9H9N3O3S2/c1-6-11-5-8(16-6)17(14,15)12-9-7(13)3-2-4-10-9/h2-5,13H,1H3,(H,10,12). The van der Waals surface area contributed by atoms with Crippen LogP contribution in [0.25, 0.3) is 0 Å². The van der Waals surface area contributed by atoms with Crippen molar-refractivity contribution in [3.05, 3.63) is 29.5 Å². The molecule has 0 amide bonds. The molecule has 0 fully saturated rings. The Morgan fingerprint density at radius 3 is 2.76 bits per heavy atom. The van der Waals surface area contributed by atoms with Gasteiger partial charge in [-0.05, 0) is 19.1 Å². The number of rotatable bonds is 3. The lowest BCUT2D eigenvalue weighted by molar-refractivity contribution is 0.475. The van der Waals surface area contributed by atoms with Gasteiger partial charge in [-0.15, -0.1) is 11.3 Å². The minimum Gasteiger partial charge on any atom is -0.504 e. The highest BCUT2D eigenvalue weighted by atomic mass is 32.2. The zero-order chi connectivity index (χ0) is 12.5. The minimum absolute atomic E-state index is 0.0834. The molecule has 2 N–H and O–H groups in total. The monoisotopic (exact) mass is 271 g/mol. The van der Waals surface area contributed by atoms with Crippen LogP contribution in [0.1, 0.15) is 5.01 Å².